The van der Waals surface area contributed by atoms with E-state index in [1.807, 2.05) is 50.2 Å². The Kier molecular flexibility index (Phi) is 6.16. The van der Waals surface area contributed by atoms with Gasteiger partial charge in [0.1, 0.15) is 11.4 Å². The number of amides is 2. The number of aromatic nitrogens is 2. The Morgan fingerprint density at radius 3 is 2.72 bits per heavy atom. The SMILES string of the molecule is Cc1cccc(-c2ccc(C(=O)N3CCCC(C(=O)Nc4ncccc4C)C3)c(=O)[nH]2)c1. The quantitative estimate of drug-likeness (QED) is 0.662. The predicted octanol–water partition coefficient (Wildman–Crippen LogP) is 3.54. The number of rotatable bonds is 4. The summed E-state index contributed by atoms with van der Waals surface area (Å²) in [5.74, 6) is -0.328. The number of hydrogen-bond acceptors (Lipinski definition) is 4. The minimum Gasteiger partial charge on any atom is -0.338 e. The molecule has 7 heteroatoms. The zero-order valence-electron chi connectivity index (χ0n) is 18.2. The number of nitrogens with zero attached hydrogens (tertiary/aromatic N) is 2. The number of carbonyl (C=O) groups excluding carboxylic acids is 2. The average Bonchev–Trinajstić information content (AvgIpc) is 2.80. The molecule has 1 saturated heterocycles. The molecule has 32 heavy (non-hydrogen) atoms. The van der Waals surface area contributed by atoms with Gasteiger partial charge in [-0.2, -0.15) is 0 Å². The van der Waals surface area contributed by atoms with Gasteiger partial charge in [-0.1, -0.05) is 29.8 Å². The van der Waals surface area contributed by atoms with E-state index < -0.39 is 5.56 Å². The first-order valence-electron chi connectivity index (χ1n) is 10.7. The third kappa shape index (κ3) is 4.61. The summed E-state index contributed by atoms with van der Waals surface area (Å²) in [6.45, 7) is 4.66. The van der Waals surface area contributed by atoms with E-state index in [0.717, 1.165) is 16.7 Å². The second-order valence-electron chi connectivity index (χ2n) is 8.23. The number of benzene rings is 1. The molecule has 4 rings (SSSR count). The van der Waals surface area contributed by atoms with Gasteiger partial charge >= 0.3 is 0 Å². The van der Waals surface area contributed by atoms with E-state index in [4.69, 9.17) is 0 Å². The molecular weight excluding hydrogens is 404 g/mol. The molecule has 164 valence electrons. The number of aryl methyl sites for hydroxylation is 2. The third-order valence-electron chi connectivity index (χ3n) is 5.80. The lowest BCUT2D eigenvalue weighted by Crippen LogP contribution is -2.45. The lowest BCUT2D eigenvalue weighted by Gasteiger charge is -2.32. The predicted molar refractivity (Wildman–Crippen MR) is 123 cm³/mol. The van der Waals surface area contributed by atoms with Crippen molar-refractivity contribution >= 4 is 17.6 Å². The lowest BCUT2D eigenvalue weighted by atomic mass is 9.96. The molecule has 3 aromatic rings. The van der Waals surface area contributed by atoms with E-state index >= 15 is 0 Å². The van der Waals surface area contributed by atoms with E-state index in [2.05, 4.69) is 15.3 Å². The first-order chi connectivity index (χ1) is 15.4. The van der Waals surface area contributed by atoms with Gasteiger partial charge in [0.25, 0.3) is 11.5 Å². The third-order valence-corrected chi connectivity index (χ3v) is 5.80. The Hall–Kier alpha value is -3.74. The molecule has 2 N–H and O–H groups in total. The zero-order chi connectivity index (χ0) is 22.7. The van der Waals surface area contributed by atoms with Gasteiger partial charge in [-0.3, -0.25) is 14.4 Å². The Bertz CT molecular complexity index is 1220. The maximum atomic E-state index is 13.1. The van der Waals surface area contributed by atoms with E-state index in [1.165, 1.54) is 0 Å². The van der Waals surface area contributed by atoms with Crippen LogP contribution >= 0.6 is 0 Å². The molecule has 3 heterocycles. The van der Waals surface area contributed by atoms with Crippen LogP contribution in [0.15, 0.2) is 59.5 Å². The monoisotopic (exact) mass is 430 g/mol. The van der Waals surface area contributed by atoms with Crippen LogP contribution in [-0.4, -0.2) is 39.8 Å². The summed E-state index contributed by atoms with van der Waals surface area (Å²) in [6.07, 6.45) is 3.01. The molecule has 0 radical (unpaired) electrons. The number of piperidine rings is 1. The number of anilines is 1. The van der Waals surface area contributed by atoms with Gasteiger partial charge in [0.15, 0.2) is 0 Å². The van der Waals surface area contributed by atoms with Crippen molar-refractivity contribution in [1.82, 2.24) is 14.9 Å². The Morgan fingerprint density at radius 1 is 1.12 bits per heavy atom. The van der Waals surface area contributed by atoms with Crippen LogP contribution < -0.4 is 10.9 Å². The van der Waals surface area contributed by atoms with Crippen molar-refractivity contribution < 1.29 is 9.59 Å². The summed E-state index contributed by atoms with van der Waals surface area (Å²) in [5, 5.41) is 2.86. The van der Waals surface area contributed by atoms with Crippen molar-refractivity contribution in [2.75, 3.05) is 18.4 Å². The smallest absolute Gasteiger partial charge is 0.261 e. The Morgan fingerprint density at radius 2 is 1.97 bits per heavy atom. The second-order valence-corrected chi connectivity index (χ2v) is 8.23. The fraction of sp³-hybridized carbons (Fsp3) is 0.280. The summed E-state index contributed by atoms with van der Waals surface area (Å²) in [7, 11) is 0. The van der Waals surface area contributed by atoms with Crippen LogP contribution in [0, 0.1) is 19.8 Å². The summed E-state index contributed by atoms with van der Waals surface area (Å²) in [6, 6.07) is 14.8. The number of hydrogen-bond donors (Lipinski definition) is 2. The van der Waals surface area contributed by atoms with Gasteiger partial charge in [0.05, 0.1) is 5.92 Å². The van der Waals surface area contributed by atoms with E-state index in [0.29, 0.717) is 30.9 Å². The second kappa shape index (κ2) is 9.18. The van der Waals surface area contributed by atoms with Gasteiger partial charge in [-0.15, -0.1) is 0 Å². The molecule has 7 nitrogen and oxygen atoms in total. The van der Waals surface area contributed by atoms with Crippen LogP contribution in [0.4, 0.5) is 5.82 Å². The van der Waals surface area contributed by atoms with Gasteiger partial charge in [0.2, 0.25) is 5.91 Å². The van der Waals surface area contributed by atoms with Crippen LogP contribution in [0.5, 0.6) is 0 Å². The van der Waals surface area contributed by atoms with E-state index in [-0.39, 0.29) is 29.8 Å². The van der Waals surface area contributed by atoms with Crippen molar-refractivity contribution in [3.63, 3.8) is 0 Å². The van der Waals surface area contributed by atoms with Crippen LogP contribution in [0.2, 0.25) is 0 Å². The number of likely N-dealkylation sites (tertiary alicyclic amines) is 1. The summed E-state index contributed by atoms with van der Waals surface area (Å²) >= 11 is 0. The molecular formula is C25H26N4O3. The maximum Gasteiger partial charge on any atom is 0.261 e. The van der Waals surface area contributed by atoms with Crippen LogP contribution in [0.25, 0.3) is 11.3 Å². The van der Waals surface area contributed by atoms with Crippen LogP contribution in [0.3, 0.4) is 0 Å². The summed E-state index contributed by atoms with van der Waals surface area (Å²) in [4.78, 5) is 47.1. The maximum absolute atomic E-state index is 13.1. The first kappa shape index (κ1) is 21.5. The van der Waals surface area contributed by atoms with E-state index in [9.17, 15) is 14.4 Å². The van der Waals surface area contributed by atoms with Gasteiger partial charge < -0.3 is 15.2 Å². The highest BCUT2D eigenvalue weighted by atomic mass is 16.2. The van der Waals surface area contributed by atoms with Crippen molar-refractivity contribution in [2.45, 2.75) is 26.7 Å². The van der Waals surface area contributed by atoms with Crippen molar-refractivity contribution in [2.24, 2.45) is 5.92 Å². The van der Waals surface area contributed by atoms with E-state index in [1.54, 1.807) is 23.2 Å². The zero-order valence-corrected chi connectivity index (χ0v) is 18.2. The minimum absolute atomic E-state index is 0.0861. The normalized spacial score (nSPS) is 15.9. The standard InChI is InChI=1S/C25H26N4O3/c1-16-6-3-8-18(14-16)21-11-10-20(24(31)27-21)25(32)29-13-5-9-19(15-29)23(30)28-22-17(2)7-4-12-26-22/h3-4,6-8,10-12,14,19H,5,9,13,15H2,1-2H3,(H,27,31)(H,26,28,30). The fourth-order valence-corrected chi connectivity index (χ4v) is 4.00. The van der Waals surface area contributed by atoms with Gasteiger partial charge in [0, 0.05) is 25.0 Å². The summed E-state index contributed by atoms with van der Waals surface area (Å²) in [5.41, 5.74) is 3.18. The number of H-pyrrole nitrogens is 1. The highest BCUT2D eigenvalue weighted by Gasteiger charge is 2.30. The van der Waals surface area contributed by atoms with Crippen molar-refractivity contribution in [3.8, 4) is 11.3 Å². The van der Waals surface area contributed by atoms with Crippen molar-refractivity contribution in [3.05, 3.63) is 81.8 Å². The number of nitrogens with one attached hydrogen (secondary N) is 2. The van der Waals surface area contributed by atoms with Crippen LogP contribution in [-0.2, 0) is 4.79 Å². The molecule has 1 unspecified atom stereocenters. The first-order valence-corrected chi connectivity index (χ1v) is 10.7. The number of pyridine rings is 2. The molecule has 1 aliphatic rings. The molecule has 0 saturated carbocycles. The molecule has 2 aromatic heterocycles. The highest BCUT2D eigenvalue weighted by molar-refractivity contribution is 5.96. The molecule has 1 aromatic carbocycles. The molecule has 0 bridgehead atoms. The van der Waals surface area contributed by atoms with Gasteiger partial charge in [-0.25, -0.2) is 4.98 Å². The molecule has 1 atom stereocenters. The lowest BCUT2D eigenvalue weighted by molar-refractivity contribution is -0.121. The topological polar surface area (TPSA) is 95.2 Å². The molecule has 0 aliphatic carbocycles. The Labute approximate surface area is 186 Å². The van der Waals surface area contributed by atoms with Gasteiger partial charge in [-0.05, 0) is 62.1 Å². The molecule has 2 amide bonds. The molecule has 1 fully saturated rings. The van der Waals surface area contributed by atoms with Crippen molar-refractivity contribution in [1.29, 1.82) is 0 Å². The Balaban J connectivity index is 1.48. The van der Waals surface area contributed by atoms with Crippen LogP contribution in [0.1, 0.15) is 34.3 Å². The number of carbonyl (C=O) groups is 2. The molecule has 1 aliphatic heterocycles. The number of aromatic amines is 1. The largest absolute Gasteiger partial charge is 0.338 e. The molecule has 0 spiro atoms. The highest BCUT2D eigenvalue weighted by Crippen LogP contribution is 2.21. The average molecular weight is 431 g/mol. The minimum atomic E-state index is -0.426. The fourth-order valence-electron chi connectivity index (χ4n) is 4.00. The summed E-state index contributed by atoms with van der Waals surface area (Å²) < 4.78 is 0.